The number of rotatable bonds is 8. The lowest BCUT2D eigenvalue weighted by molar-refractivity contribution is -0.137. The van der Waals surface area contributed by atoms with Crippen LogP contribution in [0.15, 0.2) is 42.6 Å². The van der Waals surface area contributed by atoms with Crippen LogP contribution in [0, 0.1) is 0 Å². The molecule has 2 rings (SSSR count). The highest BCUT2D eigenvalue weighted by atomic mass is 19.4. The molecule has 0 unspecified atom stereocenters. The highest BCUT2D eigenvalue weighted by Crippen LogP contribution is 2.29. The maximum atomic E-state index is 12.6. The second kappa shape index (κ2) is 9.93. The Morgan fingerprint density at radius 1 is 1.11 bits per heavy atom. The Balaban J connectivity index is 1.80. The van der Waals surface area contributed by atoms with Crippen molar-refractivity contribution in [2.45, 2.75) is 19.3 Å². The number of nitrogens with zero attached hydrogens (tertiary/aromatic N) is 2. The van der Waals surface area contributed by atoms with Gasteiger partial charge in [0.15, 0.2) is 0 Å². The Bertz CT molecular complexity index is 750. The van der Waals surface area contributed by atoms with E-state index < -0.39 is 11.7 Å². The van der Waals surface area contributed by atoms with E-state index in [-0.39, 0.29) is 19.1 Å². The molecule has 2 amide bonds. The zero-order chi connectivity index (χ0) is 20.6. The number of benzene rings is 1. The van der Waals surface area contributed by atoms with Crippen LogP contribution in [0.3, 0.4) is 0 Å². The Morgan fingerprint density at radius 3 is 2.36 bits per heavy atom. The van der Waals surface area contributed by atoms with Crippen molar-refractivity contribution in [1.29, 1.82) is 0 Å². The number of amides is 2. The zero-order valence-electron chi connectivity index (χ0n) is 15.6. The van der Waals surface area contributed by atoms with Gasteiger partial charge >= 0.3 is 12.2 Å². The van der Waals surface area contributed by atoms with E-state index in [1.165, 1.54) is 17.0 Å². The first-order valence-electron chi connectivity index (χ1n) is 8.51. The van der Waals surface area contributed by atoms with Crippen LogP contribution in [0.1, 0.15) is 16.7 Å². The number of hydrogen-bond donors (Lipinski definition) is 1. The van der Waals surface area contributed by atoms with Gasteiger partial charge in [0.25, 0.3) is 0 Å². The first-order valence-corrected chi connectivity index (χ1v) is 8.51. The number of urea groups is 1. The Kier molecular flexibility index (Phi) is 7.62. The maximum Gasteiger partial charge on any atom is 0.416 e. The molecule has 6 nitrogen and oxygen atoms in total. The molecule has 0 aliphatic rings. The summed E-state index contributed by atoms with van der Waals surface area (Å²) >= 11 is 0. The van der Waals surface area contributed by atoms with Crippen LogP contribution in [-0.4, -0.2) is 43.3 Å². The van der Waals surface area contributed by atoms with Gasteiger partial charge in [-0.25, -0.2) is 9.78 Å². The third kappa shape index (κ3) is 6.73. The van der Waals surface area contributed by atoms with E-state index in [9.17, 15) is 18.0 Å². The van der Waals surface area contributed by atoms with Crippen LogP contribution in [0.5, 0.6) is 5.88 Å². The van der Waals surface area contributed by atoms with Crippen LogP contribution in [0.25, 0.3) is 0 Å². The molecule has 152 valence electrons. The molecule has 0 spiro atoms. The Morgan fingerprint density at radius 2 is 1.79 bits per heavy atom. The number of carbonyl (C=O) groups excluding carboxylic acids is 1. The molecule has 1 aromatic carbocycles. The van der Waals surface area contributed by atoms with Crippen molar-refractivity contribution in [1.82, 2.24) is 15.2 Å². The number of aromatic nitrogens is 1. The normalized spacial score (nSPS) is 11.2. The quantitative estimate of drug-likeness (QED) is 0.693. The fraction of sp³-hybridized carbons (Fsp3) is 0.368. The molecule has 0 bridgehead atoms. The summed E-state index contributed by atoms with van der Waals surface area (Å²) < 4.78 is 48.0. The summed E-state index contributed by atoms with van der Waals surface area (Å²) in [6.07, 6.45) is -2.78. The van der Waals surface area contributed by atoms with E-state index in [2.05, 4.69) is 10.3 Å². The maximum absolute atomic E-state index is 12.6. The molecule has 0 radical (unpaired) electrons. The summed E-state index contributed by atoms with van der Waals surface area (Å²) in [5, 5.41) is 2.73. The second-order valence-corrected chi connectivity index (χ2v) is 6.06. The average Bonchev–Trinajstić information content (AvgIpc) is 2.67. The molecule has 0 aliphatic heterocycles. The van der Waals surface area contributed by atoms with Crippen LogP contribution in [0.4, 0.5) is 18.0 Å². The van der Waals surface area contributed by atoms with Crippen molar-refractivity contribution in [2.75, 3.05) is 27.4 Å². The molecule has 0 saturated carbocycles. The number of alkyl halides is 3. The number of ether oxygens (including phenoxy) is 2. The SMILES string of the molecule is COCCOc1ccc(CNC(=O)N(C)Cc2ccc(C(F)(F)F)cc2)cn1. The number of pyridine rings is 1. The minimum Gasteiger partial charge on any atom is -0.475 e. The number of hydrogen-bond acceptors (Lipinski definition) is 4. The summed E-state index contributed by atoms with van der Waals surface area (Å²) in [5.74, 6) is 0.464. The van der Waals surface area contributed by atoms with Gasteiger partial charge in [0.1, 0.15) is 6.61 Å². The lowest BCUT2D eigenvalue weighted by atomic mass is 10.1. The number of halogens is 3. The molecule has 0 aliphatic carbocycles. The third-order valence-corrected chi connectivity index (χ3v) is 3.83. The summed E-state index contributed by atoms with van der Waals surface area (Å²) in [6, 6.07) is 7.86. The molecule has 2 aromatic rings. The predicted octanol–water partition coefficient (Wildman–Crippen LogP) is 3.47. The van der Waals surface area contributed by atoms with Crippen LogP contribution in [0.2, 0.25) is 0 Å². The average molecular weight is 397 g/mol. The first-order chi connectivity index (χ1) is 13.3. The van der Waals surface area contributed by atoms with Gasteiger partial charge in [0, 0.05) is 39.5 Å². The van der Waals surface area contributed by atoms with Crippen LogP contribution < -0.4 is 10.1 Å². The van der Waals surface area contributed by atoms with Crippen molar-refractivity contribution in [3.05, 3.63) is 59.3 Å². The summed E-state index contributed by atoms with van der Waals surface area (Å²) in [6.45, 7) is 1.31. The van der Waals surface area contributed by atoms with Gasteiger partial charge in [-0.1, -0.05) is 18.2 Å². The third-order valence-electron chi connectivity index (χ3n) is 3.83. The molecule has 0 fully saturated rings. The minimum atomic E-state index is -4.37. The lowest BCUT2D eigenvalue weighted by Crippen LogP contribution is -2.36. The van der Waals surface area contributed by atoms with Crippen molar-refractivity contribution in [2.24, 2.45) is 0 Å². The molecule has 1 N–H and O–H groups in total. The number of methoxy groups -OCH3 is 1. The van der Waals surface area contributed by atoms with Gasteiger partial charge < -0.3 is 19.7 Å². The molecule has 0 saturated heterocycles. The summed E-state index contributed by atoms with van der Waals surface area (Å²) in [5.41, 5.74) is 0.672. The molecule has 28 heavy (non-hydrogen) atoms. The molecule has 0 atom stereocenters. The van der Waals surface area contributed by atoms with E-state index in [0.29, 0.717) is 24.7 Å². The van der Waals surface area contributed by atoms with E-state index in [0.717, 1.165) is 17.7 Å². The van der Waals surface area contributed by atoms with Gasteiger partial charge in [-0.2, -0.15) is 13.2 Å². The smallest absolute Gasteiger partial charge is 0.416 e. The Hall–Kier alpha value is -2.81. The van der Waals surface area contributed by atoms with Crippen LogP contribution >= 0.6 is 0 Å². The first kappa shape index (κ1) is 21.5. The number of carbonyl (C=O) groups is 1. The second-order valence-electron chi connectivity index (χ2n) is 6.06. The van der Waals surface area contributed by atoms with Gasteiger partial charge in [-0.3, -0.25) is 0 Å². The topological polar surface area (TPSA) is 63.7 Å². The fourth-order valence-corrected chi connectivity index (χ4v) is 2.29. The highest BCUT2D eigenvalue weighted by molar-refractivity contribution is 5.73. The van der Waals surface area contributed by atoms with E-state index in [1.54, 1.807) is 32.5 Å². The van der Waals surface area contributed by atoms with Gasteiger partial charge in [-0.05, 0) is 23.3 Å². The number of nitrogens with one attached hydrogen (secondary N) is 1. The summed E-state index contributed by atoms with van der Waals surface area (Å²) in [4.78, 5) is 17.7. The highest BCUT2D eigenvalue weighted by Gasteiger charge is 2.29. The zero-order valence-corrected chi connectivity index (χ0v) is 15.6. The van der Waals surface area contributed by atoms with Gasteiger partial charge in [0.2, 0.25) is 5.88 Å². The minimum absolute atomic E-state index is 0.189. The van der Waals surface area contributed by atoms with Crippen LogP contribution in [-0.2, 0) is 24.0 Å². The molecular weight excluding hydrogens is 375 g/mol. The van der Waals surface area contributed by atoms with E-state index in [1.807, 2.05) is 0 Å². The van der Waals surface area contributed by atoms with E-state index >= 15 is 0 Å². The largest absolute Gasteiger partial charge is 0.475 e. The standard InChI is InChI=1S/C19H22F3N3O3/c1-25(13-14-3-6-16(7-4-14)19(20,21)22)18(26)24-12-15-5-8-17(23-11-15)28-10-9-27-2/h3-8,11H,9-10,12-13H2,1-2H3,(H,24,26). The fourth-order valence-electron chi connectivity index (χ4n) is 2.29. The van der Waals surface area contributed by atoms with Crippen molar-refractivity contribution in [3.8, 4) is 5.88 Å². The molecule has 9 heteroatoms. The monoisotopic (exact) mass is 397 g/mol. The van der Waals surface area contributed by atoms with E-state index in [4.69, 9.17) is 9.47 Å². The van der Waals surface area contributed by atoms with Crippen molar-refractivity contribution >= 4 is 6.03 Å². The molecule has 1 aromatic heterocycles. The van der Waals surface area contributed by atoms with Crippen molar-refractivity contribution in [3.63, 3.8) is 0 Å². The molecular formula is C19H22F3N3O3. The van der Waals surface area contributed by atoms with Crippen molar-refractivity contribution < 1.29 is 27.4 Å². The lowest BCUT2D eigenvalue weighted by Gasteiger charge is -2.18. The van der Waals surface area contributed by atoms with Gasteiger partial charge in [-0.15, -0.1) is 0 Å². The van der Waals surface area contributed by atoms with Gasteiger partial charge in [0.05, 0.1) is 12.2 Å². The summed E-state index contributed by atoms with van der Waals surface area (Å²) in [7, 11) is 3.15. The Labute approximate surface area is 161 Å². The predicted molar refractivity (Wildman–Crippen MR) is 96.8 cm³/mol. The molecule has 1 heterocycles.